The third-order valence-electron chi connectivity index (χ3n) is 8.28. The molecule has 2 aliphatic heterocycles. The van der Waals surface area contributed by atoms with E-state index in [1.54, 1.807) is 6.33 Å². The van der Waals surface area contributed by atoms with Crippen molar-refractivity contribution in [1.82, 2.24) is 24.8 Å². The lowest BCUT2D eigenvalue weighted by molar-refractivity contribution is -0.0396. The Morgan fingerprint density at radius 2 is 2.05 bits per heavy atom. The molecule has 0 radical (unpaired) electrons. The molecule has 1 amide bonds. The van der Waals surface area contributed by atoms with Crippen LogP contribution in [0, 0.1) is 22.7 Å². The van der Waals surface area contributed by atoms with Gasteiger partial charge in [0, 0.05) is 74.0 Å². The number of allylic oxidation sites excluding steroid dienone is 2. The molecule has 3 fully saturated rings. The third kappa shape index (κ3) is 5.69. The molecule has 0 aromatic carbocycles. The zero-order valence-corrected chi connectivity index (χ0v) is 21.7. The van der Waals surface area contributed by atoms with Crippen molar-refractivity contribution in [2.24, 2.45) is 16.3 Å². The summed E-state index contributed by atoms with van der Waals surface area (Å²) >= 11 is 0. The molecular formula is C28H37N7O2. The topological polar surface area (TPSA) is 110 Å². The summed E-state index contributed by atoms with van der Waals surface area (Å²) in [7, 11) is 0. The fourth-order valence-electron chi connectivity index (χ4n) is 6.09. The van der Waals surface area contributed by atoms with E-state index in [2.05, 4.69) is 25.9 Å². The average Bonchev–Trinajstić information content (AvgIpc) is 3.60. The number of aromatic nitrogens is 3. The second-order valence-corrected chi connectivity index (χ2v) is 10.9. The van der Waals surface area contributed by atoms with Crippen molar-refractivity contribution in [3.05, 3.63) is 30.4 Å². The summed E-state index contributed by atoms with van der Waals surface area (Å²) in [6, 6.07) is 4.81. The number of likely N-dealkylation sites (tertiary alicyclic amines) is 2. The quantitative estimate of drug-likeness (QED) is 0.533. The van der Waals surface area contributed by atoms with Crippen LogP contribution in [0.25, 0.3) is 16.6 Å². The first kappa shape index (κ1) is 25.4. The minimum absolute atomic E-state index is 0.115. The monoisotopic (exact) mass is 503 g/mol. The van der Waals surface area contributed by atoms with Gasteiger partial charge < -0.3 is 14.6 Å². The van der Waals surface area contributed by atoms with Crippen LogP contribution in [0.5, 0.6) is 0 Å². The van der Waals surface area contributed by atoms with Gasteiger partial charge in [-0.2, -0.15) is 5.26 Å². The van der Waals surface area contributed by atoms with Gasteiger partial charge in [-0.05, 0) is 44.6 Å². The van der Waals surface area contributed by atoms with E-state index in [-0.39, 0.29) is 11.5 Å². The van der Waals surface area contributed by atoms with Gasteiger partial charge in [-0.25, -0.2) is 14.8 Å². The van der Waals surface area contributed by atoms with Crippen molar-refractivity contribution in [3.8, 4) is 6.07 Å². The molecule has 2 aromatic rings. The number of amides is 1. The molecule has 0 unspecified atom stereocenters. The van der Waals surface area contributed by atoms with Crippen molar-refractivity contribution in [2.45, 2.75) is 57.9 Å². The molecule has 2 aromatic heterocycles. The van der Waals surface area contributed by atoms with Gasteiger partial charge in [0.15, 0.2) is 0 Å². The summed E-state index contributed by atoms with van der Waals surface area (Å²) in [5.74, 6) is 0.554. The maximum absolute atomic E-state index is 12.5. The van der Waals surface area contributed by atoms with Crippen LogP contribution >= 0.6 is 0 Å². The van der Waals surface area contributed by atoms with E-state index in [0.717, 1.165) is 61.3 Å². The van der Waals surface area contributed by atoms with Gasteiger partial charge in [-0.3, -0.25) is 9.89 Å². The summed E-state index contributed by atoms with van der Waals surface area (Å²) in [4.78, 5) is 33.5. The molecule has 37 heavy (non-hydrogen) atoms. The molecule has 0 atom stereocenters. The standard InChI is InChI=1S/C28H37N7O2/c1-2-22(25-24-7-12-31-26(24)33-20-32-25)15-30-17-28(10-11-29)18-35(19-28)23-8-13-34(14-9-23)27(36)37-16-21-5-3-4-6-21/h2,7,12,15,20-21,23H,3-6,8-10,13-14,16-19H2,1H3,(H,31,32,33)/b22-2+,30-15?. The van der Waals surface area contributed by atoms with Gasteiger partial charge in [0.25, 0.3) is 0 Å². The van der Waals surface area contributed by atoms with Crippen LogP contribution in [0.15, 0.2) is 29.7 Å². The summed E-state index contributed by atoms with van der Waals surface area (Å²) in [6.07, 6.45) is 14.5. The molecular weight excluding hydrogens is 466 g/mol. The van der Waals surface area contributed by atoms with E-state index in [0.29, 0.717) is 31.5 Å². The Bertz CT molecular complexity index is 1180. The molecule has 5 rings (SSSR count). The lowest BCUT2D eigenvalue weighted by atomic mass is 9.75. The van der Waals surface area contributed by atoms with E-state index >= 15 is 0 Å². The lowest BCUT2D eigenvalue weighted by Gasteiger charge is -2.53. The number of nitrogens with zero attached hydrogens (tertiary/aromatic N) is 6. The number of hydrogen-bond acceptors (Lipinski definition) is 7. The van der Waals surface area contributed by atoms with Crippen molar-refractivity contribution < 1.29 is 9.53 Å². The van der Waals surface area contributed by atoms with Crippen molar-refractivity contribution in [1.29, 1.82) is 5.26 Å². The first-order chi connectivity index (χ1) is 18.1. The number of piperidine rings is 1. The number of aromatic amines is 1. The SMILES string of the molecule is C/C=C(\C=NCC1(CC#N)CN(C2CCN(C(=O)OCC3CCCC3)CC2)C1)c1ncnc2[nH]ccc12. The highest BCUT2D eigenvalue weighted by molar-refractivity contribution is 6.13. The van der Waals surface area contributed by atoms with Crippen LogP contribution < -0.4 is 0 Å². The largest absolute Gasteiger partial charge is 0.449 e. The second kappa shape index (κ2) is 11.4. The molecule has 1 saturated carbocycles. The maximum Gasteiger partial charge on any atom is 0.409 e. The van der Waals surface area contributed by atoms with Crippen molar-refractivity contribution in [3.63, 3.8) is 0 Å². The molecule has 3 aliphatic rings. The van der Waals surface area contributed by atoms with Crippen LogP contribution in [-0.4, -0.2) is 82.4 Å². The Hall–Kier alpha value is -3.25. The molecule has 4 heterocycles. The summed E-state index contributed by atoms with van der Waals surface area (Å²) < 4.78 is 5.60. The van der Waals surface area contributed by atoms with Crippen molar-refractivity contribution in [2.75, 3.05) is 39.3 Å². The van der Waals surface area contributed by atoms with Crippen LogP contribution in [0.1, 0.15) is 57.6 Å². The van der Waals surface area contributed by atoms with Gasteiger partial charge in [0.2, 0.25) is 0 Å². The van der Waals surface area contributed by atoms with Crippen LogP contribution in [0.2, 0.25) is 0 Å². The first-order valence-electron chi connectivity index (χ1n) is 13.6. The smallest absolute Gasteiger partial charge is 0.409 e. The minimum atomic E-state index is -0.150. The summed E-state index contributed by atoms with van der Waals surface area (Å²) in [5, 5.41) is 10.5. The fraction of sp³-hybridized carbons (Fsp3) is 0.607. The molecule has 0 bridgehead atoms. The van der Waals surface area contributed by atoms with E-state index in [1.807, 2.05) is 36.4 Å². The lowest BCUT2D eigenvalue weighted by Crippen LogP contribution is -2.62. The highest BCUT2D eigenvalue weighted by Gasteiger charge is 2.46. The van der Waals surface area contributed by atoms with E-state index < -0.39 is 0 Å². The first-order valence-corrected chi connectivity index (χ1v) is 13.6. The van der Waals surface area contributed by atoms with Crippen LogP contribution in [0.4, 0.5) is 4.79 Å². The maximum atomic E-state index is 12.5. The highest BCUT2D eigenvalue weighted by Crippen LogP contribution is 2.38. The van der Waals surface area contributed by atoms with Gasteiger partial charge in [0.1, 0.15) is 12.0 Å². The predicted octanol–water partition coefficient (Wildman–Crippen LogP) is 4.44. The average molecular weight is 504 g/mol. The number of nitriles is 1. The zero-order chi connectivity index (χ0) is 25.7. The molecule has 1 aliphatic carbocycles. The number of rotatable bonds is 8. The number of ether oxygens (including phenoxy) is 1. The fourth-order valence-corrected chi connectivity index (χ4v) is 6.09. The summed E-state index contributed by atoms with van der Waals surface area (Å²) in [5.41, 5.74) is 2.50. The van der Waals surface area contributed by atoms with Gasteiger partial charge in [-0.15, -0.1) is 0 Å². The third-order valence-corrected chi connectivity index (χ3v) is 8.28. The number of nitrogens with one attached hydrogen (secondary N) is 1. The Morgan fingerprint density at radius 1 is 1.27 bits per heavy atom. The molecule has 9 heteroatoms. The Balaban J connectivity index is 1.11. The highest BCUT2D eigenvalue weighted by atomic mass is 16.6. The Morgan fingerprint density at radius 3 is 2.78 bits per heavy atom. The minimum Gasteiger partial charge on any atom is -0.449 e. The second-order valence-electron chi connectivity index (χ2n) is 10.9. The van der Waals surface area contributed by atoms with Gasteiger partial charge in [0.05, 0.1) is 18.4 Å². The van der Waals surface area contributed by atoms with Crippen LogP contribution in [0.3, 0.4) is 0 Å². The van der Waals surface area contributed by atoms with E-state index in [4.69, 9.17) is 9.73 Å². The number of fused-ring (bicyclic) bond motifs is 1. The van der Waals surface area contributed by atoms with Crippen LogP contribution in [-0.2, 0) is 4.74 Å². The van der Waals surface area contributed by atoms with E-state index in [9.17, 15) is 10.1 Å². The molecule has 2 saturated heterocycles. The number of H-pyrrole nitrogens is 1. The predicted molar refractivity (Wildman–Crippen MR) is 143 cm³/mol. The van der Waals surface area contributed by atoms with Gasteiger partial charge in [-0.1, -0.05) is 18.9 Å². The molecule has 0 spiro atoms. The normalized spacial score (nSPS) is 21.4. The number of carbonyl (C=O) groups excluding carboxylic acids is 1. The Labute approximate surface area is 218 Å². The summed E-state index contributed by atoms with van der Waals surface area (Å²) in [6.45, 7) is 6.39. The zero-order valence-electron chi connectivity index (χ0n) is 21.7. The number of aliphatic imine (C=N–C) groups is 1. The Kier molecular flexibility index (Phi) is 7.85. The number of hydrogen-bond donors (Lipinski definition) is 1. The molecule has 196 valence electrons. The van der Waals surface area contributed by atoms with Gasteiger partial charge >= 0.3 is 6.09 Å². The number of carbonyl (C=O) groups is 1. The molecule has 1 N–H and O–H groups in total. The van der Waals surface area contributed by atoms with E-state index in [1.165, 1.54) is 25.7 Å². The molecule has 9 nitrogen and oxygen atoms in total. The van der Waals surface area contributed by atoms with Crippen molar-refractivity contribution >= 4 is 28.9 Å².